The summed E-state index contributed by atoms with van der Waals surface area (Å²) in [4.78, 5) is 29.3. The number of fused-ring (bicyclic) bond motifs is 4. The zero-order valence-electron chi connectivity index (χ0n) is 27.5. The van der Waals surface area contributed by atoms with Gasteiger partial charge in [0.25, 0.3) is 0 Å². The number of halogens is 6. The lowest BCUT2D eigenvalue weighted by molar-refractivity contribution is -0.177. The SMILES string of the molecule is C#Cc1c(F)ccc2cc(N)cc(-c3nc(OC)c4c(N5CC6CC(C(=O)C(F)(F)F)CC(C5)N6)nc(OC[C@@H]5C[C@H](F)CN5C)nc4c3F)c12. The predicted octanol–water partition coefficient (Wildman–Crippen LogP) is 4.80. The Morgan fingerprint density at radius 1 is 1.08 bits per heavy atom. The second kappa shape index (κ2) is 13.0. The molecular formula is C35H33F6N7O3. The predicted molar refractivity (Wildman–Crippen MR) is 177 cm³/mol. The van der Waals surface area contributed by atoms with Crippen molar-refractivity contribution in [1.82, 2.24) is 25.2 Å². The van der Waals surface area contributed by atoms with Crippen LogP contribution in [0.15, 0.2) is 24.3 Å². The monoisotopic (exact) mass is 713 g/mol. The molecular weight excluding hydrogens is 680 g/mol. The van der Waals surface area contributed by atoms with E-state index in [9.17, 15) is 26.7 Å². The molecule has 0 spiro atoms. The number of benzene rings is 2. The summed E-state index contributed by atoms with van der Waals surface area (Å²) in [6, 6.07) is 4.01. The van der Waals surface area contributed by atoms with Gasteiger partial charge in [0.05, 0.1) is 12.7 Å². The third-order valence-electron chi connectivity index (χ3n) is 9.88. The molecule has 2 aromatic heterocycles. The first kappa shape index (κ1) is 34.6. The van der Waals surface area contributed by atoms with Crippen molar-refractivity contribution in [2.24, 2.45) is 5.92 Å². The van der Waals surface area contributed by atoms with Gasteiger partial charge in [0.15, 0.2) is 5.82 Å². The number of ether oxygens (including phenoxy) is 2. The van der Waals surface area contributed by atoms with Crippen molar-refractivity contribution in [1.29, 1.82) is 0 Å². The summed E-state index contributed by atoms with van der Waals surface area (Å²) in [5.41, 5.74) is 5.79. The fraction of sp³-hybridized carbons (Fsp3) is 0.429. The van der Waals surface area contributed by atoms with Gasteiger partial charge in [-0.15, -0.1) is 6.42 Å². The molecule has 2 unspecified atom stereocenters. The smallest absolute Gasteiger partial charge is 0.450 e. The molecule has 7 rings (SSSR count). The maximum absolute atomic E-state index is 17.0. The molecule has 3 aliphatic rings. The number of piperidine rings is 1. The van der Waals surface area contributed by atoms with Crippen molar-refractivity contribution >= 4 is 39.0 Å². The van der Waals surface area contributed by atoms with Gasteiger partial charge in [-0.1, -0.05) is 12.0 Å². The zero-order valence-corrected chi connectivity index (χ0v) is 27.5. The standard InChI is InChI=1S/C35H33F6N7O3/c1-4-23-25(37)6-5-16-7-19(42)11-24(26(16)23)29-28(38)30-27(33(44-29)50-3)32(46-34(45-30)51-15-22-10-18(36)12-47(22)2)48-13-20-8-17(9-21(14-48)43-20)31(49)35(39,40)41/h1,5-7,11,17-18,20-22,43H,8-10,12-15,42H2,2-3H3/t17?,18-,20?,21?,22-/m0/s1. The fourth-order valence-corrected chi connectivity index (χ4v) is 7.62. The largest absolute Gasteiger partial charge is 0.480 e. The van der Waals surface area contributed by atoms with E-state index in [-0.39, 0.29) is 108 Å². The van der Waals surface area contributed by atoms with E-state index in [0.29, 0.717) is 5.39 Å². The zero-order chi connectivity index (χ0) is 36.4. The second-order valence-corrected chi connectivity index (χ2v) is 13.3. The van der Waals surface area contributed by atoms with E-state index in [1.165, 1.54) is 25.3 Å². The summed E-state index contributed by atoms with van der Waals surface area (Å²) in [5.74, 6) is -2.26. The average Bonchev–Trinajstić information content (AvgIpc) is 3.41. The Hall–Kier alpha value is -4.88. The molecule has 0 radical (unpaired) electrons. The van der Waals surface area contributed by atoms with Crippen LogP contribution in [0.25, 0.3) is 32.9 Å². The maximum atomic E-state index is 17.0. The minimum absolute atomic E-state index is 0.0166. The van der Waals surface area contributed by atoms with Gasteiger partial charge in [-0.3, -0.25) is 9.69 Å². The fourth-order valence-electron chi connectivity index (χ4n) is 7.62. The summed E-state index contributed by atoms with van der Waals surface area (Å²) < 4.78 is 97.8. The van der Waals surface area contributed by atoms with Crippen LogP contribution in [-0.4, -0.2) is 96.5 Å². The Balaban J connectivity index is 1.37. The highest BCUT2D eigenvalue weighted by molar-refractivity contribution is 6.04. The molecule has 5 heterocycles. The number of alkyl halides is 4. The lowest BCUT2D eigenvalue weighted by Crippen LogP contribution is -2.62. The van der Waals surface area contributed by atoms with Gasteiger partial charge in [-0.2, -0.15) is 23.1 Å². The number of piperazine rings is 1. The van der Waals surface area contributed by atoms with Crippen LogP contribution in [0.1, 0.15) is 24.8 Å². The molecule has 2 bridgehead atoms. The molecule has 4 aromatic rings. The lowest BCUT2D eigenvalue weighted by atomic mass is 9.82. The van der Waals surface area contributed by atoms with Gasteiger partial charge >= 0.3 is 12.2 Å². The van der Waals surface area contributed by atoms with Gasteiger partial charge < -0.3 is 25.4 Å². The summed E-state index contributed by atoms with van der Waals surface area (Å²) >= 11 is 0. The number of hydrogen-bond donors (Lipinski definition) is 2. The molecule has 10 nitrogen and oxygen atoms in total. The minimum Gasteiger partial charge on any atom is -0.480 e. The van der Waals surface area contributed by atoms with E-state index in [1.54, 1.807) is 22.9 Å². The van der Waals surface area contributed by atoms with Crippen LogP contribution >= 0.6 is 0 Å². The molecule has 268 valence electrons. The molecule has 16 heteroatoms. The van der Waals surface area contributed by atoms with Gasteiger partial charge in [0.1, 0.15) is 41.0 Å². The molecule has 0 amide bonds. The quantitative estimate of drug-likeness (QED) is 0.157. The van der Waals surface area contributed by atoms with Crippen LogP contribution < -0.4 is 25.4 Å². The second-order valence-electron chi connectivity index (χ2n) is 13.3. The van der Waals surface area contributed by atoms with E-state index in [2.05, 4.69) is 26.2 Å². The van der Waals surface area contributed by atoms with E-state index >= 15 is 4.39 Å². The Morgan fingerprint density at radius 2 is 1.80 bits per heavy atom. The number of nitrogens with zero attached hydrogens (tertiary/aromatic N) is 5. The number of carbonyl (C=O) groups excluding carboxylic acids is 1. The summed E-state index contributed by atoms with van der Waals surface area (Å²) in [5, 5.41) is 3.95. The molecule has 2 aromatic carbocycles. The number of likely N-dealkylation sites (N-methyl/N-ethyl adjacent to an activating group) is 1. The number of pyridine rings is 1. The van der Waals surface area contributed by atoms with Crippen LogP contribution in [-0.2, 0) is 4.79 Å². The van der Waals surface area contributed by atoms with Crippen molar-refractivity contribution in [3.63, 3.8) is 0 Å². The highest BCUT2D eigenvalue weighted by atomic mass is 19.4. The molecule has 0 saturated carbocycles. The number of terminal acetylenes is 1. The normalized spacial score (nSPS) is 23.8. The van der Waals surface area contributed by atoms with E-state index in [4.69, 9.17) is 21.6 Å². The van der Waals surface area contributed by atoms with Crippen molar-refractivity contribution in [2.75, 3.05) is 51.0 Å². The number of ketones is 1. The molecule has 51 heavy (non-hydrogen) atoms. The number of methoxy groups -OCH3 is 1. The van der Waals surface area contributed by atoms with Gasteiger partial charge in [0.2, 0.25) is 11.7 Å². The van der Waals surface area contributed by atoms with Crippen LogP contribution in [0.4, 0.5) is 37.8 Å². The summed E-state index contributed by atoms with van der Waals surface area (Å²) in [7, 11) is 3.06. The van der Waals surface area contributed by atoms with E-state index in [1.807, 2.05) is 0 Å². The maximum Gasteiger partial charge on any atom is 0.450 e. The average molecular weight is 714 g/mol. The highest BCUT2D eigenvalue weighted by Gasteiger charge is 2.48. The number of Topliss-reactive ketones (excluding diaryl/α,β-unsaturated/α-hetero) is 1. The van der Waals surface area contributed by atoms with Crippen LogP contribution in [0.2, 0.25) is 0 Å². The van der Waals surface area contributed by atoms with E-state index in [0.717, 1.165) is 0 Å². The third-order valence-corrected chi connectivity index (χ3v) is 9.88. The molecule has 3 N–H and O–H groups in total. The van der Waals surface area contributed by atoms with Crippen molar-refractivity contribution in [3.8, 4) is 35.5 Å². The number of carbonyl (C=O) groups is 1. The minimum atomic E-state index is -4.95. The first-order valence-corrected chi connectivity index (χ1v) is 16.3. The molecule has 4 atom stereocenters. The Morgan fingerprint density at radius 3 is 2.43 bits per heavy atom. The van der Waals surface area contributed by atoms with Crippen molar-refractivity contribution in [2.45, 2.75) is 49.7 Å². The van der Waals surface area contributed by atoms with E-state index < -0.39 is 47.8 Å². The Bertz CT molecular complexity index is 2080. The topological polar surface area (TPSA) is 119 Å². The van der Waals surface area contributed by atoms with Crippen molar-refractivity contribution in [3.05, 3.63) is 41.5 Å². The van der Waals surface area contributed by atoms with Gasteiger partial charge in [0, 0.05) is 60.3 Å². The number of aromatic nitrogens is 3. The number of anilines is 2. The number of nitrogen functional groups attached to an aromatic ring is 1. The summed E-state index contributed by atoms with van der Waals surface area (Å²) in [6.45, 7) is 0.414. The van der Waals surface area contributed by atoms with Crippen molar-refractivity contribution < 1.29 is 40.6 Å². The number of likely N-dealkylation sites (tertiary alicyclic amines) is 1. The van der Waals surface area contributed by atoms with Crippen LogP contribution in [0.5, 0.6) is 11.9 Å². The third kappa shape index (κ3) is 6.33. The Labute approximate surface area is 288 Å². The van der Waals surface area contributed by atoms with Gasteiger partial charge in [-0.05, 0) is 49.9 Å². The van der Waals surface area contributed by atoms with Gasteiger partial charge in [-0.25, -0.2) is 18.2 Å². The Kier molecular flexibility index (Phi) is 8.83. The molecule has 3 aliphatic heterocycles. The molecule has 3 fully saturated rings. The van der Waals surface area contributed by atoms with Crippen LogP contribution in [0, 0.1) is 29.9 Å². The van der Waals surface area contributed by atoms with Crippen LogP contribution in [0.3, 0.4) is 0 Å². The first-order valence-electron chi connectivity index (χ1n) is 16.3. The number of hydrogen-bond acceptors (Lipinski definition) is 10. The summed E-state index contributed by atoms with van der Waals surface area (Å²) in [6.07, 6.45) is -0.237. The number of nitrogens with two attached hydrogens (primary N) is 1. The number of rotatable bonds is 7. The highest BCUT2D eigenvalue weighted by Crippen LogP contribution is 2.42. The lowest BCUT2D eigenvalue weighted by Gasteiger charge is -2.45. The molecule has 3 saturated heterocycles. The number of nitrogens with one attached hydrogen (secondary N) is 1. The molecule has 0 aliphatic carbocycles. The first-order chi connectivity index (χ1) is 24.2.